The maximum absolute atomic E-state index is 12.7. The van der Waals surface area contributed by atoms with Gasteiger partial charge in [-0.3, -0.25) is 4.79 Å². The number of benzene rings is 1. The molecule has 0 fully saturated rings. The van der Waals surface area contributed by atoms with E-state index in [4.69, 9.17) is 0 Å². The van der Waals surface area contributed by atoms with Crippen LogP contribution < -0.4 is 0 Å². The standard InChI is InChI=1S/C16H14Br2N4OS/c1-10-15(16(23)21(2)9-13-6-7-14(18)24-13)19-20-22(10)12-5-3-4-11(17)8-12/h3-8H,9H2,1-2H3. The lowest BCUT2D eigenvalue weighted by Crippen LogP contribution is -2.26. The summed E-state index contributed by atoms with van der Waals surface area (Å²) in [5.74, 6) is -0.140. The van der Waals surface area contributed by atoms with Crippen molar-refractivity contribution in [2.45, 2.75) is 13.5 Å². The quantitative estimate of drug-likeness (QED) is 0.567. The molecular weight excluding hydrogens is 456 g/mol. The highest BCUT2D eigenvalue weighted by molar-refractivity contribution is 9.11. The van der Waals surface area contributed by atoms with Gasteiger partial charge in [-0.15, -0.1) is 16.4 Å². The number of halogens is 2. The zero-order valence-electron chi connectivity index (χ0n) is 13.0. The van der Waals surface area contributed by atoms with Crippen molar-refractivity contribution in [2.24, 2.45) is 0 Å². The Morgan fingerprint density at radius 2 is 2.08 bits per heavy atom. The van der Waals surface area contributed by atoms with Gasteiger partial charge in [0.15, 0.2) is 5.69 Å². The Hall–Kier alpha value is -1.51. The van der Waals surface area contributed by atoms with E-state index in [-0.39, 0.29) is 5.91 Å². The van der Waals surface area contributed by atoms with Gasteiger partial charge in [-0.2, -0.15) is 0 Å². The largest absolute Gasteiger partial charge is 0.335 e. The van der Waals surface area contributed by atoms with Gasteiger partial charge in [0.2, 0.25) is 0 Å². The first kappa shape index (κ1) is 17.3. The maximum atomic E-state index is 12.7. The fraction of sp³-hybridized carbons (Fsp3) is 0.188. The molecule has 3 aromatic rings. The molecule has 0 spiro atoms. The molecule has 0 saturated carbocycles. The van der Waals surface area contributed by atoms with E-state index < -0.39 is 0 Å². The van der Waals surface area contributed by atoms with Gasteiger partial charge in [-0.05, 0) is 53.2 Å². The molecule has 0 N–H and O–H groups in total. The smallest absolute Gasteiger partial charge is 0.276 e. The summed E-state index contributed by atoms with van der Waals surface area (Å²) in [6.45, 7) is 2.39. The second-order valence-electron chi connectivity index (χ2n) is 5.28. The van der Waals surface area contributed by atoms with Crippen molar-refractivity contribution < 1.29 is 4.79 Å². The molecule has 0 unspecified atom stereocenters. The van der Waals surface area contributed by atoms with Crippen LogP contribution in [0.1, 0.15) is 21.1 Å². The molecule has 0 atom stereocenters. The van der Waals surface area contributed by atoms with Gasteiger partial charge in [-0.1, -0.05) is 27.2 Å². The Kier molecular flexibility index (Phi) is 5.17. The van der Waals surface area contributed by atoms with Gasteiger partial charge in [0, 0.05) is 16.4 Å². The molecule has 5 nitrogen and oxygen atoms in total. The Labute approximate surface area is 160 Å². The molecule has 1 aromatic carbocycles. The highest BCUT2D eigenvalue weighted by Gasteiger charge is 2.21. The van der Waals surface area contributed by atoms with Crippen LogP contribution in [0.5, 0.6) is 0 Å². The predicted molar refractivity (Wildman–Crippen MR) is 102 cm³/mol. The number of hydrogen-bond acceptors (Lipinski definition) is 4. The minimum atomic E-state index is -0.140. The van der Waals surface area contributed by atoms with Gasteiger partial charge in [0.05, 0.1) is 21.7 Å². The number of amides is 1. The van der Waals surface area contributed by atoms with Crippen LogP contribution in [0.25, 0.3) is 5.69 Å². The van der Waals surface area contributed by atoms with E-state index in [0.717, 1.165) is 24.5 Å². The highest BCUT2D eigenvalue weighted by Crippen LogP contribution is 2.24. The molecule has 8 heteroatoms. The lowest BCUT2D eigenvalue weighted by atomic mass is 10.2. The minimum Gasteiger partial charge on any atom is -0.335 e. The maximum Gasteiger partial charge on any atom is 0.276 e. The van der Waals surface area contributed by atoms with Crippen molar-refractivity contribution in [3.63, 3.8) is 0 Å². The molecule has 24 heavy (non-hydrogen) atoms. The molecule has 0 saturated heterocycles. The third-order valence-corrected chi connectivity index (χ3v) is 5.62. The first-order chi connectivity index (χ1) is 11.5. The molecule has 0 radical (unpaired) electrons. The van der Waals surface area contributed by atoms with Crippen LogP contribution in [0.3, 0.4) is 0 Å². The molecule has 0 aliphatic heterocycles. The Morgan fingerprint density at radius 1 is 1.29 bits per heavy atom. The molecule has 124 valence electrons. The van der Waals surface area contributed by atoms with Crippen LogP contribution in [0.15, 0.2) is 44.7 Å². The monoisotopic (exact) mass is 468 g/mol. The first-order valence-electron chi connectivity index (χ1n) is 7.13. The van der Waals surface area contributed by atoms with Crippen LogP contribution in [0, 0.1) is 6.92 Å². The second kappa shape index (κ2) is 7.16. The third kappa shape index (κ3) is 3.60. The Morgan fingerprint density at radius 3 is 2.75 bits per heavy atom. The molecule has 0 aliphatic rings. The van der Waals surface area contributed by atoms with E-state index in [1.54, 1.807) is 28.0 Å². The Bertz CT molecular complexity index is 890. The van der Waals surface area contributed by atoms with E-state index in [2.05, 4.69) is 42.2 Å². The van der Waals surface area contributed by atoms with E-state index in [1.807, 2.05) is 43.3 Å². The van der Waals surface area contributed by atoms with Crippen molar-refractivity contribution >= 4 is 49.1 Å². The van der Waals surface area contributed by atoms with Crippen molar-refractivity contribution in [1.82, 2.24) is 19.9 Å². The fourth-order valence-corrected chi connectivity index (χ4v) is 4.23. The molecular formula is C16H14Br2N4OS. The molecule has 2 aromatic heterocycles. The van der Waals surface area contributed by atoms with Crippen LogP contribution >= 0.6 is 43.2 Å². The summed E-state index contributed by atoms with van der Waals surface area (Å²) in [4.78, 5) is 15.4. The number of carbonyl (C=O) groups is 1. The molecule has 2 heterocycles. The highest BCUT2D eigenvalue weighted by atomic mass is 79.9. The summed E-state index contributed by atoms with van der Waals surface area (Å²) in [6.07, 6.45) is 0. The van der Waals surface area contributed by atoms with Crippen molar-refractivity contribution in [3.8, 4) is 5.69 Å². The number of thiophene rings is 1. The summed E-state index contributed by atoms with van der Waals surface area (Å²) >= 11 is 8.49. The van der Waals surface area contributed by atoms with Crippen molar-refractivity contribution in [1.29, 1.82) is 0 Å². The number of nitrogens with zero attached hydrogens (tertiary/aromatic N) is 4. The predicted octanol–water partition coefficient (Wildman–Crippen LogP) is 4.43. The average molecular weight is 470 g/mol. The van der Waals surface area contributed by atoms with E-state index in [0.29, 0.717) is 12.2 Å². The number of rotatable bonds is 4. The molecule has 0 aliphatic carbocycles. The first-order valence-corrected chi connectivity index (χ1v) is 9.54. The van der Waals surface area contributed by atoms with Crippen molar-refractivity contribution in [3.05, 3.63) is 60.9 Å². The Balaban J connectivity index is 1.83. The van der Waals surface area contributed by atoms with Crippen LogP contribution in [0.4, 0.5) is 0 Å². The second-order valence-corrected chi connectivity index (χ2v) is 8.75. The molecule has 3 rings (SSSR count). The lowest BCUT2D eigenvalue weighted by molar-refractivity contribution is 0.0780. The van der Waals surface area contributed by atoms with Gasteiger partial charge < -0.3 is 4.90 Å². The topological polar surface area (TPSA) is 51.0 Å². The number of aromatic nitrogens is 3. The number of carbonyl (C=O) groups excluding carboxylic acids is 1. The van der Waals surface area contributed by atoms with Gasteiger partial charge in [0.25, 0.3) is 5.91 Å². The SMILES string of the molecule is Cc1c(C(=O)N(C)Cc2ccc(Br)s2)nnn1-c1cccc(Br)c1. The summed E-state index contributed by atoms with van der Waals surface area (Å²) in [6, 6.07) is 11.7. The summed E-state index contributed by atoms with van der Waals surface area (Å²) in [7, 11) is 1.77. The summed E-state index contributed by atoms with van der Waals surface area (Å²) in [5, 5.41) is 8.23. The van der Waals surface area contributed by atoms with E-state index in [9.17, 15) is 4.79 Å². The third-order valence-electron chi connectivity index (χ3n) is 3.52. The zero-order chi connectivity index (χ0) is 17.3. The average Bonchev–Trinajstić information content (AvgIpc) is 3.12. The number of hydrogen-bond donors (Lipinski definition) is 0. The van der Waals surface area contributed by atoms with E-state index >= 15 is 0 Å². The zero-order valence-corrected chi connectivity index (χ0v) is 17.0. The lowest BCUT2D eigenvalue weighted by Gasteiger charge is -2.15. The summed E-state index contributed by atoms with van der Waals surface area (Å²) in [5.41, 5.74) is 1.95. The van der Waals surface area contributed by atoms with Gasteiger partial charge >= 0.3 is 0 Å². The van der Waals surface area contributed by atoms with Crippen LogP contribution in [0.2, 0.25) is 0 Å². The van der Waals surface area contributed by atoms with Crippen LogP contribution in [-0.4, -0.2) is 32.8 Å². The van der Waals surface area contributed by atoms with E-state index in [1.165, 1.54) is 0 Å². The van der Waals surface area contributed by atoms with Crippen LogP contribution in [-0.2, 0) is 6.54 Å². The van der Waals surface area contributed by atoms with Crippen molar-refractivity contribution in [2.75, 3.05) is 7.05 Å². The molecule has 0 bridgehead atoms. The van der Waals surface area contributed by atoms with Gasteiger partial charge in [0.1, 0.15) is 0 Å². The van der Waals surface area contributed by atoms with Gasteiger partial charge in [-0.25, -0.2) is 4.68 Å². The minimum absolute atomic E-state index is 0.140. The summed E-state index contributed by atoms with van der Waals surface area (Å²) < 4.78 is 3.67. The normalized spacial score (nSPS) is 10.8. The molecule has 1 amide bonds. The fourth-order valence-electron chi connectivity index (χ4n) is 2.30.